The summed E-state index contributed by atoms with van der Waals surface area (Å²) in [4.78, 5) is 37.9. The standard InChI is InChI=1S/C26H25N5O4/c1-15-4-11-21(16(2)12-15)31-24-20(13-27-31)23(17-5-6-17)29-30(25(24)33)14-22(32)28-19-9-7-18(8-10-19)26(34)35-3/h4,7-13,17H,5-6,14H2,1-3H3,(H,28,32). The summed E-state index contributed by atoms with van der Waals surface area (Å²) in [6, 6.07) is 12.3. The largest absolute Gasteiger partial charge is 0.465 e. The van der Waals surface area contributed by atoms with Crippen molar-refractivity contribution >= 4 is 28.5 Å². The number of anilines is 1. The van der Waals surface area contributed by atoms with Crippen LogP contribution in [0.15, 0.2) is 53.5 Å². The van der Waals surface area contributed by atoms with Gasteiger partial charge in [-0.1, -0.05) is 17.7 Å². The molecule has 1 fully saturated rings. The Balaban J connectivity index is 1.49. The zero-order chi connectivity index (χ0) is 24.7. The molecule has 178 valence electrons. The van der Waals surface area contributed by atoms with E-state index in [9.17, 15) is 14.4 Å². The van der Waals surface area contributed by atoms with E-state index in [1.165, 1.54) is 11.8 Å². The molecule has 1 saturated carbocycles. The molecule has 9 nitrogen and oxygen atoms in total. The molecule has 1 aliphatic carbocycles. The van der Waals surface area contributed by atoms with Gasteiger partial charge in [-0.3, -0.25) is 9.59 Å². The Morgan fingerprint density at radius 2 is 1.86 bits per heavy atom. The number of hydrogen-bond acceptors (Lipinski definition) is 6. The molecule has 0 spiro atoms. The third-order valence-electron chi connectivity index (χ3n) is 6.14. The lowest BCUT2D eigenvalue weighted by atomic mass is 10.1. The molecular formula is C26H25N5O4. The Kier molecular flexibility index (Phi) is 5.68. The molecule has 2 heterocycles. The average molecular weight is 472 g/mol. The summed E-state index contributed by atoms with van der Waals surface area (Å²) in [5.41, 5.74) is 4.66. The van der Waals surface area contributed by atoms with Gasteiger partial charge in [-0.2, -0.15) is 10.2 Å². The molecule has 0 atom stereocenters. The van der Waals surface area contributed by atoms with E-state index in [1.54, 1.807) is 35.1 Å². The van der Waals surface area contributed by atoms with E-state index in [0.717, 1.165) is 40.7 Å². The first-order valence-corrected chi connectivity index (χ1v) is 11.4. The molecule has 35 heavy (non-hydrogen) atoms. The van der Waals surface area contributed by atoms with E-state index in [2.05, 4.69) is 20.3 Å². The molecule has 9 heteroatoms. The highest BCUT2D eigenvalue weighted by Gasteiger charge is 2.30. The van der Waals surface area contributed by atoms with Crippen LogP contribution in [-0.4, -0.2) is 38.5 Å². The Bertz CT molecular complexity index is 1510. The third-order valence-corrected chi connectivity index (χ3v) is 6.14. The van der Waals surface area contributed by atoms with Crippen LogP contribution in [0.1, 0.15) is 45.9 Å². The van der Waals surface area contributed by atoms with Crippen molar-refractivity contribution in [3.8, 4) is 5.69 Å². The van der Waals surface area contributed by atoms with Gasteiger partial charge in [0.2, 0.25) is 5.91 Å². The second-order valence-corrected chi connectivity index (χ2v) is 8.85. The molecule has 0 aliphatic heterocycles. The summed E-state index contributed by atoms with van der Waals surface area (Å²) in [5, 5.41) is 12.6. The predicted octanol–water partition coefficient (Wildman–Crippen LogP) is 3.50. The molecule has 1 aliphatic rings. The minimum absolute atomic E-state index is 0.245. The van der Waals surface area contributed by atoms with E-state index in [-0.39, 0.29) is 18.0 Å². The molecule has 0 saturated heterocycles. The zero-order valence-corrected chi connectivity index (χ0v) is 19.7. The molecule has 1 amide bonds. The smallest absolute Gasteiger partial charge is 0.337 e. The van der Waals surface area contributed by atoms with E-state index < -0.39 is 11.9 Å². The second-order valence-electron chi connectivity index (χ2n) is 8.85. The van der Waals surface area contributed by atoms with Crippen LogP contribution < -0.4 is 10.9 Å². The second kappa shape index (κ2) is 8.83. The lowest BCUT2D eigenvalue weighted by Crippen LogP contribution is -2.31. The molecule has 5 rings (SSSR count). The van der Waals surface area contributed by atoms with E-state index in [4.69, 9.17) is 0 Å². The number of carbonyl (C=O) groups is 2. The molecule has 0 bridgehead atoms. The predicted molar refractivity (Wildman–Crippen MR) is 131 cm³/mol. The van der Waals surface area contributed by atoms with Crippen LogP contribution in [0.5, 0.6) is 0 Å². The van der Waals surface area contributed by atoms with Crippen LogP contribution >= 0.6 is 0 Å². The monoisotopic (exact) mass is 471 g/mol. The number of aryl methyl sites for hydroxylation is 2. The SMILES string of the molecule is COC(=O)c1ccc(NC(=O)Cn2nc(C3CC3)c3cnn(-c4ccc(C)cc4C)c3c2=O)cc1. The summed E-state index contributed by atoms with van der Waals surface area (Å²) in [6.07, 6.45) is 3.69. The van der Waals surface area contributed by atoms with Crippen molar-refractivity contribution in [2.24, 2.45) is 0 Å². The van der Waals surface area contributed by atoms with Gasteiger partial charge in [0.15, 0.2) is 0 Å². The van der Waals surface area contributed by atoms with Crippen molar-refractivity contribution in [1.82, 2.24) is 19.6 Å². The number of ether oxygens (including phenoxy) is 1. The number of fused-ring (bicyclic) bond motifs is 1. The van der Waals surface area contributed by atoms with Gasteiger partial charge in [-0.05, 0) is 62.6 Å². The molecule has 2 aromatic carbocycles. The van der Waals surface area contributed by atoms with Gasteiger partial charge in [-0.25, -0.2) is 14.2 Å². The maximum absolute atomic E-state index is 13.5. The summed E-state index contributed by atoms with van der Waals surface area (Å²) >= 11 is 0. The number of rotatable bonds is 6. The van der Waals surface area contributed by atoms with Crippen molar-refractivity contribution in [3.05, 3.63) is 81.4 Å². The number of esters is 1. The van der Waals surface area contributed by atoms with Gasteiger partial charge in [0.05, 0.1) is 30.3 Å². The number of nitrogens with one attached hydrogen (secondary N) is 1. The van der Waals surface area contributed by atoms with Gasteiger partial charge in [0, 0.05) is 17.0 Å². The Morgan fingerprint density at radius 1 is 1.11 bits per heavy atom. The maximum atomic E-state index is 13.5. The first kappa shape index (κ1) is 22.5. The number of nitrogens with zero attached hydrogens (tertiary/aromatic N) is 4. The number of benzene rings is 2. The summed E-state index contributed by atoms with van der Waals surface area (Å²) in [6.45, 7) is 3.75. The Labute approximate surface area is 201 Å². The van der Waals surface area contributed by atoms with Crippen LogP contribution in [0.4, 0.5) is 5.69 Å². The number of amides is 1. The van der Waals surface area contributed by atoms with Crippen LogP contribution in [0, 0.1) is 13.8 Å². The van der Waals surface area contributed by atoms with Gasteiger partial charge in [-0.15, -0.1) is 0 Å². The molecule has 0 unspecified atom stereocenters. The Morgan fingerprint density at radius 3 is 2.51 bits per heavy atom. The first-order valence-electron chi connectivity index (χ1n) is 11.4. The number of carbonyl (C=O) groups excluding carboxylic acids is 2. The lowest BCUT2D eigenvalue weighted by Gasteiger charge is -2.12. The lowest BCUT2D eigenvalue weighted by molar-refractivity contribution is -0.117. The van der Waals surface area contributed by atoms with E-state index >= 15 is 0 Å². The Hall–Kier alpha value is -4.27. The highest BCUT2D eigenvalue weighted by molar-refractivity contribution is 5.93. The minimum Gasteiger partial charge on any atom is -0.465 e. The van der Waals surface area contributed by atoms with E-state index in [0.29, 0.717) is 16.8 Å². The van der Waals surface area contributed by atoms with Crippen LogP contribution in [0.3, 0.4) is 0 Å². The number of hydrogen-bond donors (Lipinski definition) is 1. The summed E-state index contributed by atoms with van der Waals surface area (Å²) < 4.78 is 7.56. The van der Waals surface area contributed by atoms with Crippen LogP contribution in [0.25, 0.3) is 16.6 Å². The first-order chi connectivity index (χ1) is 16.9. The highest BCUT2D eigenvalue weighted by atomic mass is 16.5. The van der Waals surface area contributed by atoms with Crippen molar-refractivity contribution in [3.63, 3.8) is 0 Å². The zero-order valence-electron chi connectivity index (χ0n) is 19.7. The normalized spacial score (nSPS) is 13.1. The van der Waals surface area contributed by atoms with Crippen molar-refractivity contribution < 1.29 is 14.3 Å². The molecule has 1 N–H and O–H groups in total. The van der Waals surface area contributed by atoms with Crippen molar-refractivity contribution in [1.29, 1.82) is 0 Å². The van der Waals surface area contributed by atoms with Gasteiger partial charge in [0.25, 0.3) is 5.56 Å². The van der Waals surface area contributed by atoms with Crippen LogP contribution in [0.2, 0.25) is 0 Å². The van der Waals surface area contributed by atoms with Gasteiger partial charge >= 0.3 is 5.97 Å². The van der Waals surface area contributed by atoms with Crippen molar-refractivity contribution in [2.75, 3.05) is 12.4 Å². The maximum Gasteiger partial charge on any atom is 0.337 e. The fraction of sp³-hybridized carbons (Fsp3) is 0.269. The minimum atomic E-state index is -0.458. The topological polar surface area (TPSA) is 108 Å². The molecule has 2 aromatic heterocycles. The molecule has 0 radical (unpaired) electrons. The van der Waals surface area contributed by atoms with E-state index in [1.807, 2.05) is 32.0 Å². The fourth-order valence-corrected chi connectivity index (χ4v) is 4.23. The number of aromatic nitrogens is 4. The molecular weight excluding hydrogens is 446 g/mol. The quantitative estimate of drug-likeness (QED) is 0.431. The summed E-state index contributed by atoms with van der Waals surface area (Å²) in [7, 11) is 1.31. The fourth-order valence-electron chi connectivity index (χ4n) is 4.23. The summed E-state index contributed by atoms with van der Waals surface area (Å²) in [5.74, 6) is -0.598. The number of methoxy groups -OCH3 is 1. The highest BCUT2D eigenvalue weighted by Crippen LogP contribution is 2.41. The van der Waals surface area contributed by atoms with Gasteiger partial charge < -0.3 is 10.1 Å². The van der Waals surface area contributed by atoms with Crippen molar-refractivity contribution in [2.45, 2.75) is 39.2 Å². The van der Waals surface area contributed by atoms with Gasteiger partial charge in [0.1, 0.15) is 12.1 Å². The average Bonchev–Trinajstić information content (AvgIpc) is 3.59. The third kappa shape index (κ3) is 4.32. The molecule has 4 aromatic rings. The van der Waals surface area contributed by atoms with Crippen LogP contribution in [-0.2, 0) is 16.1 Å².